The molecule has 0 spiro atoms. The Labute approximate surface area is 135 Å². The summed E-state index contributed by atoms with van der Waals surface area (Å²) in [6.07, 6.45) is -1.18. The highest BCUT2D eigenvalue weighted by atomic mass is 19.1. The number of amides is 1. The number of ether oxygens (including phenoxy) is 2. The van der Waals surface area contributed by atoms with Crippen molar-refractivity contribution in [1.29, 1.82) is 0 Å². The second kappa shape index (κ2) is 7.63. The molecular weight excluding hydrogens is 297 g/mol. The molecule has 0 saturated carbocycles. The van der Waals surface area contributed by atoms with Gasteiger partial charge in [0.1, 0.15) is 24.3 Å². The molecule has 1 unspecified atom stereocenters. The molecule has 122 valence electrons. The molecule has 0 aliphatic rings. The Hall–Kier alpha value is -2.56. The van der Waals surface area contributed by atoms with Crippen LogP contribution >= 0.6 is 0 Å². The van der Waals surface area contributed by atoms with Crippen LogP contribution in [0, 0.1) is 19.7 Å². The molecule has 2 aromatic carbocycles. The van der Waals surface area contributed by atoms with E-state index >= 15 is 0 Å². The van der Waals surface area contributed by atoms with E-state index in [4.69, 9.17) is 9.47 Å². The van der Waals surface area contributed by atoms with Crippen molar-refractivity contribution in [2.45, 2.75) is 26.9 Å². The summed E-state index contributed by atoms with van der Waals surface area (Å²) in [6, 6.07) is 12.2. The predicted octanol–water partition coefficient (Wildman–Crippen LogP) is 4.46. The summed E-state index contributed by atoms with van der Waals surface area (Å²) in [5.41, 5.74) is 1.85. The van der Waals surface area contributed by atoms with Crippen LogP contribution in [0.3, 0.4) is 0 Å². The molecule has 0 saturated heterocycles. The van der Waals surface area contributed by atoms with Crippen LogP contribution < -0.4 is 10.1 Å². The lowest BCUT2D eigenvalue weighted by Crippen LogP contribution is -2.25. The molecule has 4 nitrogen and oxygen atoms in total. The number of halogens is 1. The van der Waals surface area contributed by atoms with Crippen LogP contribution in [0.5, 0.6) is 5.75 Å². The van der Waals surface area contributed by atoms with E-state index in [1.807, 2.05) is 31.2 Å². The zero-order valence-corrected chi connectivity index (χ0v) is 13.4. The molecule has 2 aromatic rings. The van der Waals surface area contributed by atoms with Gasteiger partial charge >= 0.3 is 6.09 Å². The summed E-state index contributed by atoms with van der Waals surface area (Å²) in [5.74, 6) is 0.219. The van der Waals surface area contributed by atoms with Crippen molar-refractivity contribution >= 4 is 11.8 Å². The number of aryl methyl sites for hydroxylation is 2. The summed E-state index contributed by atoms with van der Waals surface area (Å²) in [4.78, 5) is 11.8. The molecule has 0 aliphatic heterocycles. The van der Waals surface area contributed by atoms with Crippen LogP contribution in [0.4, 0.5) is 14.9 Å². The van der Waals surface area contributed by atoms with Crippen LogP contribution in [0.2, 0.25) is 0 Å². The third kappa shape index (κ3) is 4.98. The van der Waals surface area contributed by atoms with Gasteiger partial charge < -0.3 is 9.47 Å². The number of anilines is 1. The highest BCUT2D eigenvalue weighted by molar-refractivity contribution is 5.85. The second-order valence-corrected chi connectivity index (χ2v) is 5.40. The van der Waals surface area contributed by atoms with E-state index in [1.54, 1.807) is 26.0 Å². The molecule has 0 aromatic heterocycles. The molecule has 1 atom stereocenters. The minimum atomic E-state index is -0.710. The minimum absolute atomic E-state index is 0.129. The maximum atomic E-state index is 13.7. The van der Waals surface area contributed by atoms with Gasteiger partial charge in [-0.25, -0.2) is 9.18 Å². The summed E-state index contributed by atoms with van der Waals surface area (Å²) < 4.78 is 24.4. The van der Waals surface area contributed by atoms with Gasteiger partial charge in [0.25, 0.3) is 0 Å². The lowest BCUT2D eigenvalue weighted by Gasteiger charge is -2.16. The van der Waals surface area contributed by atoms with Gasteiger partial charge in [-0.2, -0.15) is 0 Å². The van der Waals surface area contributed by atoms with E-state index in [9.17, 15) is 9.18 Å². The monoisotopic (exact) mass is 317 g/mol. The van der Waals surface area contributed by atoms with Gasteiger partial charge in [-0.1, -0.05) is 24.3 Å². The highest BCUT2D eigenvalue weighted by Crippen LogP contribution is 2.19. The Balaban J connectivity index is 1.85. The molecule has 1 amide bonds. The minimum Gasteiger partial charge on any atom is -0.490 e. The Morgan fingerprint density at radius 3 is 2.65 bits per heavy atom. The average Bonchev–Trinajstić information content (AvgIpc) is 2.49. The van der Waals surface area contributed by atoms with E-state index in [1.165, 1.54) is 6.07 Å². The van der Waals surface area contributed by atoms with Crippen LogP contribution in [0.1, 0.15) is 18.1 Å². The third-order valence-corrected chi connectivity index (χ3v) is 3.23. The number of rotatable bonds is 5. The van der Waals surface area contributed by atoms with Crippen molar-refractivity contribution in [3.63, 3.8) is 0 Å². The van der Waals surface area contributed by atoms with Crippen molar-refractivity contribution in [1.82, 2.24) is 0 Å². The first kappa shape index (κ1) is 16.8. The van der Waals surface area contributed by atoms with Crippen molar-refractivity contribution in [3.05, 3.63) is 59.4 Å². The first-order chi connectivity index (χ1) is 11.0. The zero-order chi connectivity index (χ0) is 16.8. The molecular formula is C18H20FNO3. The number of carbonyl (C=O) groups is 1. The SMILES string of the molecule is Cc1cccc(OCC(C)OC(=O)Nc2c(C)cccc2F)c1. The fourth-order valence-electron chi connectivity index (χ4n) is 2.06. The fourth-order valence-corrected chi connectivity index (χ4v) is 2.06. The molecule has 0 bridgehead atoms. The van der Waals surface area contributed by atoms with Crippen molar-refractivity contribution in [2.75, 3.05) is 11.9 Å². The summed E-state index contributed by atoms with van der Waals surface area (Å²) in [7, 11) is 0. The molecule has 0 radical (unpaired) electrons. The smallest absolute Gasteiger partial charge is 0.412 e. The topological polar surface area (TPSA) is 47.6 Å². The summed E-state index contributed by atoms with van der Waals surface area (Å²) >= 11 is 0. The number of hydrogen-bond donors (Lipinski definition) is 1. The van der Waals surface area contributed by atoms with Gasteiger partial charge in [0.05, 0.1) is 5.69 Å². The molecule has 0 aliphatic carbocycles. The Morgan fingerprint density at radius 1 is 1.22 bits per heavy atom. The fraction of sp³-hybridized carbons (Fsp3) is 0.278. The number of carbonyl (C=O) groups excluding carboxylic acids is 1. The largest absolute Gasteiger partial charge is 0.490 e. The van der Waals surface area contributed by atoms with Crippen molar-refractivity contribution in [2.24, 2.45) is 0 Å². The Morgan fingerprint density at radius 2 is 1.96 bits per heavy atom. The number of nitrogens with one attached hydrogen (secondary N) is 1. The molecule has 0 heterocycles. The van der Waals surface area contributed by atoms with Gasteiger partial charge in [0.2, 0.25) is 0 Å². The van der Waals surface area contributed by atoms with Crippen molar-refractivity contribution in [3.8, 4) is 5.75 Å². The van der Waals surface area contributed by atoms with Crippen LogP contribution in [-0.2, 0) is 4.74 Å². The first-order valence-corrected chi connectivity index (χ1v) is 7.38. The van der Waals surface area contributed by atoms with Gasteiger partial charge in [-0.15, -0.1) is 0 Å². The van der Waals surface area contributed by atoms with E-state index in [0.717, 1.165) is 5.56 Å². The number of benzene rings is 2. The maximum Gasteiger partial charge on any atom is 0.412 e. The molecule has 5 heteroatoms. The normalized spacial score (nSPS) is 11.7. The Bertz CT molecular complexity index is 667. The molecule has 1 N–H and O–H groups in total. The Kier molecular flexibility index (Phi) is 5.57. The summed E-state index contributed by atoms with van der Waals surface area (Å²) in [5, 5.41) is 2.42. The lowest BCUT2D eigenvalue weighted by molar-refractivity contribution is 0.0855. The maximum absolute atomic E-state index is 13.7. The van der Waals surface area contributed by atoms with Crippen LogP contribution in [0.25, 0.3) is 0 Å². The predicted molar refractivity (Wildman–Crippen MR) is 87.4 cm³/mol. The van der Waals surface area contributed by atoms with Gasteiger partial charge in [0, 0.05) is 0 Å². The van der Waals surface area contributed by atoms with Crippen molar-refractivity contribution < 1.29 is 18.7 Å². The van der Waals surface area contributed by atoms with E-state index in [0.29, 0.717) is 11.3 Å². The first-order valence-electron chi connectivity index (χ1n) is 7.38. The molecule has 0 fully saturated rings. The van der Waals surface area contributed by atoms with E-state index in [2.05, 4.69) is 5.32 Å². The van der Waals surface area contributed by atoms with Gasteiger partial charge in [-0.05, 0) is 50.1 Å². The average molecular weight is 317 g/mol. The molecule has 23 heavy (non-hydrogen) atoms. The van der Waals surface area contributed by atoms with Gasteiger partial charge in [-0.3, -0.25) is 5.32 Å². The standard InChI is InChI=1S/C18H20FNO3/c1-12-6-4-8-15(10-12)22-11-14(3)23-18(21)20-17-13(2)7-5-9-16(17)19/h4-10,14H,11H2,1-3H3,(H,20,21). The number of hydrogen-bond acceptors (Lipinski definition) is 3. The quantitative estimate of drug-likeness (QED) is 0.885. The van der Waals surface area contributed by atoms with Gasteiger partial charge in [0.15, 0.2) is 0 Å². The van der Waals surface area contributed by atoms with Crippen LogP contribution in [-0.4, -0.2) is 18.8 Å². The lowest BCUT2D eigenvalue weighted by atomic mass is 10.2. The summed E-state index contributed by atoms with van der Waals surface area (Å²) in [6.45, 7) is 5.61. The highest BCUT2D eigenvalue weighted by Gasteiger charge is 2.14. The zero-order valence-electron chi connectivity index (χ0n) is 13.4. The van der Waals surface area contributed by atoms with E-state index < -0.39 is 18.0 Å². The van der Waals surface area contributed by atoms with Crippen LogP contribution in [0.15, 0.2) is 42.5 Å². The number of para-hydroxylation sites is 1. The second-order valence-electron chi connectivity index (χ2n) is 5.40. The molecule has 2 rings (SSSR count). The van der Waals surface area contributed by atoms with E-state index in [-0.39, 0.29) is 12.3 Å². The third-order valence-electron chi connectivity index (χ3n) is 3.23.